The van der Waals surface area contributed by atoms with Crippen molar-refractivity contribution >= 4 is 14.6 Å². The third-order valence-electron chi connectivity index (χ3n) is 6.11. The van der Waals surface area contributed by atoms with Gasteiger partial charge in [-0.1, -0.05) is 110 Å². The number of rotatable bonds is 27. The van der Waals surface area contributed by atoms with E-state index in [-0.39, 0.29) is 18.7 Å². The fourth-order valence-corrected chi connectivity index (χ4v) is 4.74. The van der Waals surface area contributed by atoms with Crippen LogP contribution in [0.1, 0.15) is 136 Å². The van der Waals surface area contributed by atoms with Crippen LogP contribution in [0.25, 0.3) is 0 Å². The molecule has 2 N–H and O–H groups in total. The quantitative estimate of drug-likeness (QED) is 0.0673. The fraction of sp³-hybridized carbons (Fsp3) is 0.963. The number of hydrogen-bond donors (Lipinski definition) is 2. The van der Waals surface area contributed by atoms with Crippen LogP contribution in [-0.2, 0) is 18.6 Å². The molecule has 0 saturated carbocycles. The van der Waals surface area contributed by atoms with Crippen molar-refractivity contribution in [3.63, 3.8) is 0 Å². The van der Waals surface area contributed by atoms with Crippen LogP contribution in [0.15, 0.2) is 0 Å². The van der Waals surface area contributed by atoms with E-state index in [0.717, 1.165) is 32.2 Å². The van der Waals surface area contributed by atoms with Gasteiger partial charge in [-0.3, -0.25) is 4.79 Å². The molecule has 6 nitrogen and oxygen atoms in total. The number of carbonyl (C=O) groups is 1. The molecule has 0 radical (unpaired) electrons. The third-order valence-corrected chi connectivity index (χ3v) is 6.88. The van der Waals surface area contributed by atoms with Crippen LogP contribution >= 0.6 is 8.60 Å². The largest absolute Gasteiger partial charge is 0.460 e. The van der Waals surface area contributed by atoms with Gasteiger partial charge in [0.25, 0.3) is 0 Å². The first-order chi connectivity index (χ1) is 16.6. The zero-order chi connectivity index (χ0) is 25.1. The van der Waals surface area contributed by atoms with Crippen LogP contribution in [0, 0.1) is 0 Å². The molecule has 0 aromatic rings. The SMILES string of the molecule is CCCCCCCCCCCCCCCCCCCC(COP(O)OCCCNC)OC(C)=O. The van der Waals surface area contributed by atoms with Crippen LogP contribution in [0.4, 0.5) is 0 Å². The Morgan fingerprint density at radius 1 is 0.765 bits per heavy atom. The number of ether oxygens (including phenoxy) is 1. The van der Waals surface area contributed by atoms with Gasteiger partial charge < -0.3 is 24.0 Å². The highest BCUT2D eigenvalue weighted by Crippen LogP contribution is 2.33. The van der Waals surface area contributed by atoms with Gasteiger partial charge in [0, 0.05) is 6.92 Å². The Balaban J connectivity index is 3.54. The lowest BCUT2D eigenvalue weighted by molar-refractivity contribution is -0.148. The molecule has 204 valence electrons. The molecule has 0 saturated heterocycles. The summed E-state index contributed by atoms with van der Waals surface area (Å²) in [6, 6.07) is 0. The van der Waals surface area contributed by atoms with Crippen LogP contribution in [-0.4, -0.2) is 43.8 Å². The molecule has 0 fully saturated rings. The van der Waals surface area contributed by atoms with Crippen molar-refractivity contribution in [1.82, 2.24) is 5.32 Å². The summed E-state index contributed by atoms with van der Waals surface area (Å²) in [5.41, 5.74) is 0. The zero-order valence-corrected chi connectivity index (χ0v) is 23.6. The molecule has 0 aliphatic rings. The Hall–Kier alpha value is -0.260. The van der Waals surface area contributed by atoms with Crippen molar-refractivity contribution in [2.45, 2.75) is 142 Å². The smallest absolute Gasteiger partial charge is 0.329 e. The molecule has 2 unspecified atom stereocenters. The van der Waals surface area contributed by atoms with Crippen LogP contribution in [0.5, 0.6) is 0 Å². The second-order valence-corrected chi connectivity index (χ2v) is 10.5. The maximum Gasteiger partial charge on any atom is 0.329 e. The molecule has 0 aromatic heterocycles. The molecular formula is C27H56NO5P. The summed E-state index contributed by atoms with van der Waals surface area (Å²) in [5.74, 6) is -0.308. The Morgan fingerprint density at radius 3 is 1.68 bits per heavy atom. The van der Waals surface area contributed by atoms with Crippen LogP contribution in [0.3, 0.4) is 0 Å². The van der Waals surface area contributed by atoms with E-state index < -0.39 is 8.60 Å². The van der Waals surface area contributed by atoms with Gasteiger partial charge in [0.2, 0.25) is 0 Å². The van der Waals surface area contributed by atoms with Crippen molar-refractivity contribution in [2.24, 2.45) is 0 Å². The normalized spacial score (nSPS) is 13.2. The van der Waals surface area contributed by atoms with E-state index >= 15 is 0 Å². The standard InChI is InChI=1S/C27H56NO5P/c1-4-5-6-7-8-9-10-11-12-13-14-15-16-17-18-19-20-22-27(33-26(2)29)25-32-34(30)31-24-21-23-28-3/h27-28,30H,4-25H2,1-3H3. The maximum atomic E-state index is 11.4. The average Bonchev–Trinajstić information content (AvgIpc) is 2.81. The van der Waals surface area contributed by atoms with Gasteiger partial charge in [-0.2, -0.15) is 0 Å². The molecular weight excluding hydrogens is 449 g/mol. The number of carbonyl (C=O) groups excluding carboxylic acids is 1. The molecule has 34 heavy (non-hydrogen) atoms. The number of unbranched alkanes of at least 4 members (excludes halogenated alkanes) is 16. The highest BCUT2D eigenvalue weighted by molar-refractivity contribution is 7.40. The van der Waals surface area contributed by atoms with Crippen molar-refractivity contribution < 1.29 is 23.5 Å². The summed E-state index contributed by atoms with van der Waals surface area (Å²) in [6.07, 6.45) is 24.1. The van der Waals surface area contributed by atoms with E-state index in [2.05, 4.69) is 12.2 Å². The van der Waals surface area contributed by atoms with Gasteiger partial charge in [-0.25, -0.2) is 0 Å². The average molecular weight is 506 g/mol. The maximum absolute atomic E-state index is 11.4. The van der Waals surface area contributed by atoms with Crippen molar-refractivity contribution in [3.05, 3.63) is 0 Å². The van der Waals surface area contributed by atoms with E-state index in [9.17, 15) is 9.69 Å². The first-order valence-electron chi connectivity index (χ1n) is 14.2. The minimum absolute atomic E-state index is 0.187. The molecule has 0 bridgehead atoms. The first kappa shape index (κ1) is 33.7. The summed E-state index contributed by atoms with van der Waals surface area (Å²) in [6.45, 7) is 5.16. The molecule has 0 aromatic carbocycles. The molecule has 0 spiro atoms. The molecule has 0 rings (SSSR count). The molecule has 0 heterocycles. The Morgan fingerprint density at radius 2 is 1.24 bits per heavy atom. The summed E-state index contributed by atoms with van der Waals surface area (Å²) < 4.78 is 16.0. The molecule has 7 heteroatoms. The predicted molar refractivity (Wildman–Crippen MR) is 144 cm³/mol. The van der Waals surface area contributed by atoms with Gasteiger partial charge >= 0.3 is 14.6 Å². The summed E-state index contributed by atoms with van der Waals surface area (Å²) in [7, 11) is -0.0375. The third kappa shape index (κ3) is 26.3. The number of esters is 1. The Labute approximate surface area is 212 Å². The second kappa shape index (κ2) is 27.3. The molecule has 0 aliphatic carbocycles. The Bertz CT molecular complexity index is 428. The summed E-state index contributed by atoms with van der Waals surface area (Å²) in [4.78, 5) is 21.2. The lowest BCUT2D eigenvalue weighted by Gasteiger charge is -2.18. The fourth-order valence-electron chi connectivity index (χ4n) is 4.08. The minimum Gasteiger partial charge on any atom is -0.460 e. The lowest BCUT2D eigenvalue weighted by atomic mass is 10.0. The van der Waals surface area contributed by atoms with Crippen LogP contribution < -0.4 is 5.32 Å². The highest BCUT2D eigenvalue weighted by Gasteiger charge is 2.16. The van der Waals surface area contributed by atoms with Gasteiger partial charge in [-0.15, -0.1) is 0 Å². The summed E-state index contributed by atoms with van der Waals surface area (Å²) >= 11 is 0. The van der Waals surface area contributed by atoms with Crippen molar-refractivity contribution in [3.8, 4) is 0 Å². The van der Waals surface area contributed by atoms with Gasteiger partial charge in [-0.05, 0) is 32.9 Å². The highest BCUT2D eigenvalue weighted by atomic mass is 31.2. The molecule has 0 amide bonds. The van der Waals surface area contributed by atoms with E-state index in [1.807, 2.05) is 7.05 Å². The van der Waals surface area contributed by atoms with Gasteiger partial charge in [0.15, 0.2) is 0 Å². The first-order valence-corrected chi connectivity index (χ1v) is 15.3. The van der Waals surface area contributed by atoms with E-state index in [1.54, 1.807) is 0 Å². The van der Waals surface area contributed by atoms with Crippen molar-refractivity contribution in [1.29, 1.82) is 0 Å². The van der Waals surface area contributed by atoms with E-state index in [1.165, 1.54) is 103 Å². The minimum atomic E-state index is -1.91. The predicted octanol–water partition coefficient (Wildman–Crippen LogP) is 7.82. The number of hydrogen-bond acceptors (Lipinski definition) is 6. The molecule has 0 aliphatic heterocycles. The van der Waals surface area contributed by atoms with Crippen LogP contribution in [0.2, 0.25) is 0 Å². The summed E-state index contributed by atoms with van der Waals surface area (Å²) in [5, 5.41) is 3.02. The molecule has 2 atom stereocenters. The Kier molecular flexibility index (Phi) is 27.1. The second-order valence-electron chi connectivity index (χ2n) is 9.50. The zero-order valence-electron chi connectivity index (χ0n) is 22.7. The monoisotopic (exact) mass is 505 g/mol. The lowest BCUT2D eigenvalue weighted by Crippen LogP contribution is -2.21. The van der Waals surface area contributed by atoms with E-state index in [0.29, 0.717) is 6.61 Å². The van der Waals surface area contributed by atoms with Gasteiger partial charge in [0.1, 0.15) is 6.10 Å². The van der Waals surface area contributed by atoms with Crippen molar-refractivity contribution in [2.75, 3.05) is 26.8 Å². The van der Waals surface area contributed by atoms with E-state index in [4.69, 9.17) is 13.8 Å². The number of nitrogens with one attached hydrogen (secondary N) is 1. The topological polar surface area (TPSA) is 77.0 Å². The van der Waals surface area contributed by atoms with Gasteiger partial charge in [0.05, 0.1) is 13.2 Å².